The molecule has 0 aliphatic rings. The van der Waals surface area contributed by atoms with Gasteiger partial charge in [0.05, 0.1) is 4.90 Å². The number of anilines is 1. The molecule has 0 bridgehead atoms. The van der Waals surface area contributed by atoms with E-state index in [4.69, 9.17) is 5.73 Å². The van der Waals surface area contributed by atoms with E-state index in [1.165, 1.54) is 6.07 Å². The highest BCUT2D eigenvalue weighted by molar-refractivity contribution is 7.99. The molecule has 1 aromatic rings. The Morgan fingerprint density at radius 2 is 2.11 bits per heavy atom. The van der Waals surface area contributed by atoms with E-state index in [1.807, 2.05) is 13.2 Å². The van der Waals surface area contributed by atoms with Gasteiger partial charge in [-0.1, -0.05) is 13.0 Å². The summed E-state index contributed by atoms with van der Waals surface area (Å²) in [7, 11) is -3.44. The number of sulfonamides is 1. The summed E-state index contributed by atoms with van der Waals surface area (Å²) >= 11 is 1.72. The van der Waals surface area contributed by atoms with Gasteiger partial charge < -0.3 is 5.73 Å². The van der Waals surface area contributed by atoms with E-state index in [0.29, 0.717) is 17.5 Å². The first kappa shape index (κ1) is 15.3. The van der Waals surface area contributed by atoms with Crippen LogP contribution >= 0.6 is 11.8 Å². The second-order valence-corrected chi connectivity index (χ2v) is 7.29. The Kier molecular flexibility index (Phi) is 5.49. The van der Waals surface area contributed by atoms with Crippen LogP contribution in [0.3, 0.4) is 0 Å². The van der Waals surface area contributed by atoms with Crippen molar-refractivity contribution >= 4 is 27.5 Å². The normalized spacial score (nSPS) is 13.5. The van der Waals surface area contributed by atoms with Gasteiger partial charge in [0.1, 0.15) is 0 Å². The second kappa shape index (κ2) is 6.45. The highest BCUT2D eigenvalue weighted by Crippen LogP contribution is 2.17. The minimum absolute atomic E-state index is 0.224. The maximum absolute atomic E-state index is 12.0. The Labute approximate surface area is 113 Å². The molecule has 1 rings (SSSR count). The molecule has 1 aromatic carbocycles. The molecule has 18 heavy (non-hydrogen) atoms. The van der Waals surface area contributed by atoms with Gasteiger partial charge in [-0.2, -0.15) is 11.8 Å². The van der Waals surface area contributed by atoms with Crippen molar-refractivity contribution < 1.29 is 8.42 Å². The molecule has 0 heterocycles. The zero-order chi connectivity index (χ0) is 13.8. The van der Waals surface area contributed by atoms with E-state index in [0.717, 1.165) is 12.0 Å². The Balaban J connectivity index is 2.71. The molecule has 0 fully saturated rings. The number of hydrogen-bond acceptors (Lipinski definition) is 4. The van der Waals surface area contributed by atoms with Gasteiger partial charge in [-0.15, -0.1) is 0 Å². The summed E-state index contributed by atoms with van der Waals surface area (Å²) in [6.07, 6.45) is 2.82. The topological polar surface area (TPSA) is 72.2 Å². The van der Waals surface area contributed by atoms with Crippen LogP contribution in [-0.4, -0.2) is 26.5 Å². The van der Waals surface area contributed by atoms with Gasteiger partial charge in [-0.05, 0) is 37.3 Å². The van der Waals surface area contributed by atoms with Gasteiger partial charge >= 0.3 is 0 Å². The minimum atomic E-state index is -3.44. The van der Waals surface area contributed by atoms with Crippen LogP contribution in [0.25, 0.3) is 0 Å². The summed E-state index contributed by atoms with van der Waals surface area (Å²) in [5.41, 5.74) is 7.10. The number of nitrogen functional groups attached to an aromatic ring is 1. The second-order valence-electron chi connectivity index (χ2n) is 4.25. The molecule has 0 amide bonds. The fourth-order valence-corrected chi connectivity index (χ4v) is 2.82. The summed E-state index contributed by atoms with van der Waals surface area (Å²) in [6, 6.07) is 4.79. The molecule has 0 saturated carbocycles. The Hall–Kier alpha value is -0.720. The van der Waals surface area contributed by atoms with Gasteiger partial charge in [0.2, 0.25) is 10.0 Å². The molecular formula is C12H20N2O2S2. The first-order valence-electron chi connectivity index (χ1n) is 5.75. The maximum atomic E-state index is 12.0. The van der Waals surface area contributed by atoms with E-state index >= 15 is 0 Å². The van der Waals surface area contributed by atoms with Crippen LogP contribution in [0.4, 0.5) is 5.69 Å². The van der Waals surface area contributed by atoms with Crippen molar-refractivity contribution in [2.24, 2.45) is 0 Å². The first-order valence-corrected chi connectivity index (χ1v) is 8.52. The molecule has 102 valence electrons. The van der Waals surface area contributed by atoms with Gasteiger partial charge in [0, 0.05) is 17.5 Å². The van der Waals surface area contributed by atoms with Gasteiger partial charge in [-0.25, -0.2) is 13.1 Å². The van der Waals surface area contributed by atoms with Crippen molar-refractivity contribution in [3.8, 4) is 0 Å². The summed E-state index contributed by atoms with van der Waals surface area (Å²) in [5, 5.41) is 0.441. The number of nitrogens with two attached hydrogens (primary N) is 1. The summed E-state index contributed by atoms with van der Waals surface area (Å²) in [5.74, 6) is 0. The van der Waals surface area contributed by atoms with Crippen molar-refractivity contribution in [1.82, 2.24) is 4.72 Å². The standard InChI is InChI=1S/C12H20N2O2S2/c1-9-4-5-11(8-12(9)13)18(15,16)14-7-6-10(2)17-3/h4-5,8,10,14H,6-7,13H2,1-3H3. The lowest BCUT2D eigenvalue weighted by Crippen LogP contribution is -2.26. The number of thioether (sulfide) groups is 1. The van der Waals surface area contributed by atoms with E-state index in [9.17, 15) is 8.42 Å². The van der Waals surface area contributed by atoms with Gasteiger partial charge in [0.25, 0.3) is 0 Å². The molecule has 0 aliphatic carbocycles. The molecule has 0 saturated heterocycles. The average Bonchev–Trinajstić information content (AvgIpc) is 2.32. The molecule has 0 aromatic heterocycles. The van der Waals surface area contributed by atoms with Gasteiger partial charge in [0.15, 0.2) is 0 Å². The van der Waals surface area contributed by atoms with E-state index < -0.39 is 10.0 Å². The molecule has 0 radical (unpaired) electrons. The fraction of sp³-hybridized carbons (Fsp3) is 0.500. The number of benzene rings is 1. The monoisotopic (exact) mass is 288 g/mol. The van der Waals surface area contributed by atoms with E-state index in [-0.39, 0.29) is 4.90 Å². The third kappa shape index (κ3) is 4.19. The van der Waals surface area contributed by atoms with Gasteiger partial charge in [-0.3, -0.25) is 0 Å². The molecule has 0 spiro atoms. The van der Waals surface area contributed by atoms with Crippen molar-refractivity contribution in [3.63, 3.8) is 0 Å². The van der Waals surface area contributed by atoms with Crippen LogP contribution in [0.1, 0.15) is 18.9 Å². The summed E-state index contributed by atoms with van der Waals surface area (Å²) in [6.45, 7) is 4.36. The number of aryl methyl sites for hydroxylation is 1. The lowest BCUT2D eigenvalue weighted by atomic mass is 10.2. The van der Waals surface area contributed by atoms with Crippen LogP contribution in [-0.2, 0) is 10.0 Å². The molecule has 3 N–H and O–H groups in total. The summed E-state index contributed by atoms with van der Waals surface area (Å²) in [4.78, 5) is 0.224. The minimum Gasteiger partial charge on any atom is -0.398 e. The van der Waals surface area contributed by atoms with Crippen LogP contribution in [0.5, 0.6) is 0 Å². The fourth-order valence-electron chi connectivity index (χ4n) is 1.38. The molecular weight excluding hydrogens is 268 g/mol. The molecule has 1 atom stereocenters. The first-order chi connectivity index (χ1) is 8.36. The molecule has 6 heteroatoms. The predicted octanol–water partition coefficient (Wildman–Crippen LogP) is 2.00. The summed E-state index contributed by atoms with van der Waals surface area (Å²) < 4.78 is 26.6. The smallest absolute Gasteiger partial charge is 0.240 e. The zero-order valence-electron chi connectivity index (χ0n) is 10.9. The lowest BCUT2D eigenvalue weighted by molar-refractivity contribution is 0.579. The highest BCUT2D eigenvalue weighted by Gasteiger charge is 2.14. The Bertz CT molecular complexity index is 501. The van der Waals surface area contributed by atoms with Crippen molar-refractivity contribution in [2.45, 2.75) is 30.4 Å². The number of hydrogen-bond donors (Lipinski definition) is 2. The van der Waals surface area contributed by atoms with Crippen LogP contribution in [0, 0.1) is 6.92 Å². The SMILES string of the molecule is CSC(C)CCNS(=O)(=O)c1ccc(C)c(N)c1. The predicted molar refractivity (Wildman–Crippen MR) is 78.4 cm³/mol. The highest BCUT2D eigenvalue weighted by atomic mass is 32.2. The van der Waals surface area contributed by atoms with Crippen LogP contribution < -0.4 is 10.5 Å². The number of rotatable bonds is 6. The van der Waals surface area contributed by atoms with Crippen molar-refractivity contribution in [2.75, 3.05) is 18.5 Å². The molecule has 4 nitrogen and oxygen atoms in total. The zero-order valence-corrected chi connectivity index (χ0v) is 12.6. The maximum Gasteiger partial charge on any atom is 0.240 e. The van der Waals surface area contributed by atoms with Crippen LogP contribution in [0.2, 0.25) is 0 Å². The van der Waals surface area contributed by atoms with E-state index in [1.54, 1.807) is 23.9 Å². The largest absolute Gasteiger partial charge is 0.398 e. The van der Waals surface area contributed by atoms with Crippen molar-refractivity contribution in [3.05, 3.63) is 23.8 Å². The quantitative estimate of drug-likeness (QED) is 0.785. The third-order valence-electron chi connectivity index (χ3n) is 2.81. The number of nitrogens with one attached hydrogen (secondary N) is 1. The molecule has 1 unspecified atom stereocenters. The van der Waals surface area contributed by atoms with Crippen molar-refractivity contribution in [1.29, 1.82) is 0 Å². The molecule has 0 aliphatic heterocycles. The van der Waals surface area contributed by atoms with E-state index in [2.05, 4.69) is 11.6 Å². The lowest BCUT2D eigenvalue weighted by Gasteiger charge is -2.10. The van der Waals surface area contributed by atoms with Crippen LogP contribution in [0.15, 0.2) is 23.1 Å². The Morgan fingerprint density at radius 1 is 1.44 bits per heavy atom. The third-order valence-corrected chi connectivity index (χ3v) is 5.31. The average molecular weight is 288 g/mol. The Morgan fingerprint density at radius 3 is 2.67 bits per heavy atom.